The van der Waals surface area contributed by atoms with E-state index in [-0.39, 0.29) is 6.10 Å². The van der Waals surface area contributed by atoms with Crippen LogP contribution in [0.1, 0.15) is 67.9 Å². The van der Waals surface area contributed by atoms with Crippen LogP contribution in [0, 0.1) is 5.92 Å². The summed E-state index contributed by atoms with van der Waals surface area (Å²) in [6, 6.07) is 0.765. The highest BCUT2D eigenvalue weighted by molar-refractivity contribution is 7.11. The predicted molar refractivity (Wildman–Crippen MR) is 82.9 cm³/mol. The summed E-state index contributed by atoms with van der Waals surface area (Å²) < 4.78 is 6.05. The van der Waals surface area contributed by atoms with Crippen LogP contribution in [-0.4, -0.2) is 17.6 Å². The zero-order valence-corrected chi connectivity index (χ0v) is 13.3. The predicted octanol–water partition coefficient (Wildman–Crippen LogP) is 4.05. The first-order valence-corrected chi connectivity index (χ1v) is 8.98. The van der Waals surface area contributed by atoms with Gasteiger partial charge in [-0.2, -0.15) is 0 Å². The number of hydrogen-bond acceptors (Lipinski definition) is 4. The molecule has 1 N–H and O–H groups in total. The minimum absolute atomic E-state index is 0.236. The van der Waals surface area contributed by atoms with Crippen LogP contribution in [0.4, 0.5) is 0 Å². The van der Waals surface area contributed by atoms with Crippen molar-refractivity contribution in [2.24, 2.45) is 5.92 Å². The molecule has 0 aromatic carbocycles. The van der Waals surface area contributed by atoms with Crippen molar-refractivity contribution in [1.29, 1.82) is 0 Å². The van der Waals surface area contributed by atoms with Crippen LogP contribution in [0.3, 0.4) is 0 Å². The van der Waals surface area contributed by atoms with E-state index in [9.17, 15) is 0 Å². The third kappa shape index (κ3) is 3.80. The molecule has 0 amide bonds. The lowest BCUT2D eigenvalue weighted by atomic mass is 9.85. The van der Waals surface area contributed by atoms with Crippen molar-refractivity contribution in [3.63, 3.8) is 0 Å². The molecule has 3 nitrogen and oxygen atoms in total. The van der Waals surface area contributed by atoms with Crippen LogP contribution >= 0.6 is 11.3 Å². The molecule has 2 aliphatic rings. The molecule has 0 bridgehead atoms. The molecule has 0 radical (unpaired) electrons. The SMILES string of the molecule is CCOC(c1ncc(CNC2CC2)s1)C1CCCCC1. The summed E-state index contributed by atoms with van der Waals surface area (Å²) in [5.74, 6) is 0.680. The second-order valence-electron chi connectivity index (χ2n) is 6.09. The molecule has 0 aliphatic heterocycles. The molecule has 1 aromatic heterocycles. The number of thiazole rings is 1. The molecule has 4 heteroatoms. The largest absolute Gasteiger partial charge is 0.371 e. The molecule has 1 atom stereocenters. The molecule has 0 spiro atoms. The molecule has 20 heavy (non-hydrogen) atoms. The Morgan fingerprint density at radius 1 is 1.30 bits per heavy atom. The second-order valence-corrected chi connectivity index (χ2v) is 7.24. The number of nitrogens with one attached hydrogen (secondary N) is 1. The third-order valence-corrected chi connectivity index (χ3v) is 5.44. The number of ether oxygens (including phenoxy) is 1. The summed E-state index contributed by atoms with van der Waals surface area (Å²) in [6.07, 6.45) is 11.7. The maximum atomic E-state index is 6.05. The van der Waals surface area contributed by atoms with Crippen LogP contribution in [0.5, 0.6) is 0 Å². The van der Waals surface area contributed by atoms with E-state index in [0.717, 1.165) is 19.2 Å². The van der Waals surface area contributed by atoms with Gasteiger partial charge in [-0.3, -0.25) is 0 Å². The van der Waals surface area contributed by atoms with Gasteiger partial charge in [-0.05, 0) is 38.5 Å². The van der Waals surface area contributed by atoms with Gasteiger partial charge in [-0.25, -0.2) is 4.98 Å². The zero-order chi connectivity index (χ0) is 13.8. The monoisotopic (exact) mass is 294 g/mol. The van der Waals surface area contributed by atoms with Crippen LogP contribution in [0.15, 0.2) is 6.20 Å². The standard InChI is InChI=1S/C16H26N2OS/c1-2-19-15(12-6-4-3-5-7-12)16-18-11-14(20-16)10-17-13-8-9-13/h11-13,15,17H,2-10H2,1H3. The molecular weight excluding hydrogens is 268 g/mol. The van der Waals surface area contributed by atoms with E-state index < -0.39 is 0 Å². The molecule has 1 unspecified atom stereocenters. The highest BCUT2D eigenvalue weighted by atomic mass is 32.1. The lowest BCUT2D eigenvalue weighted by Gasteiger charge is -2.28. The second kappa shape index (κ2) is 7.01. The topological polar surface area (TPSA) is 34.1 Å². The fourth-order valence-corrected chi connectivity index (χ4v) is 4.11. The maximum absolute atomic E-state index is 6.05. The van der Waals surface area contributed by atoms with Crippen LogP contribution in [0.25, 0.3) is 0 Å². The number of aromatic nitrogens is 1. The Kier molecular flexibility index (Phi) is 5.08. The summed E-state index contributed by atoms with van der Waals surface area (Å²) in [7, 11) is 0. The third-order valence-electron chi connectivity index (χ3n) is 4.38. The Morgan fingerprint density at radius 2 is 2.10 bits per heavy atom. The summed E-state index contributed by atoms with van der Waals surface area (Å²) in [5.41, 5.74) is 0. The number of rotatable bonds is 7. The fraction of sp³-hybridized carbons (Fsp3) is 0.812. The first-order chi connectivity index (χ1) is 9.86. The van der Waals surface area contributed by atoms with Gasteiger partial charge in [0.25, 0.3) is 0 Å². The quantitative estimate of drug-likeness (QED) is 0.823. The molecule has 3 rings (SSSR count). The van der Waals surface area contributed by atoms with Crippen molar-refractivity contribution in [3.05, 3.63) is 16.1 Å². The first kappa shape index (κ1) is 14.5. The Bertz CT molecular complexity index is 410. The molecular formula is C16H26N2OS. The van der Waals surface area contributed by atoms with Gasteiger partial charge in [-0.1, -0.05) is 19.3 Å². The van der Waals surface area contributed by atoms with E-state index in [0.29, 0.717) is 5.92 Å². The van der Waals surface area contributed by atoms with E-state index >= 15 is 0 Å². The van der Waals surface area contributed by atoms with Crippen molar-refractivity contribution in [2.45, 2.75) is 70.6 Å². The summed E-state index contributed by atoms with van der Waals surface area (Å²) in [6.45, 7) is 3.86. The smallest absolute Gasteiger partial charge is 0.122 e. The van der Waals surface area contributed by atoms with Gasteiger partial charge in [0, 0.05) is 30.3 Å². The van der Waals surface area contributed by atoms with E-state index in [1.54, 1.807) is 0 Å². The van der Waals surface area contributed by atoms with Crippen molar-refractivity contribution >= 4 is 11.3 Å². The molecule has 0 saturated heterocycles. The molecule has 1 aromatic rings. The van der Waals surface area contributed by atoms with Gasteiger partial charge in [-0.15, -0.1) is 11.3 Å². The van der Waals surface area contributed by atoms with E-state index in [1.807, 2.05) is 17.5 Å². The number of nitrogens with zero attached hydrogens (tertiary/aromatic N) is 1. The van der Waals surface area contributed by atoms with Gasteiger partial charge >= 0.3 is 0 Å². The maximum Gasteiger partial charge on any atom is 0.122 e. The lowest BCUT2D eigenvalue weighted by Crippen LogP contribution is -2.19. The molecule has 2 fully saturated rings. The highest BCUT2D eigenvalue weighted by Gasteiger charge is 2.28. The van der Waals surface area contributed by atoms with Crippen LogP contribution in [0.2, 0.25) is 0 Å². The van der Waals surface area contributed by atoms with Gasteiger partial charge in [0.05, 0.1) is 0 Å². The van der Waals surface area contributed by atoms with Crippen molar-refractivity contribution < 1.29 is 4.74 Å². The van der Waals surface area contributed by atoms with Gasteiger partial charge in [0.1, 0.15) is 11.1 Å². The van der Waals surface area contributed by atoms with Gasteiger partial charge in [0.2, 0.25) is 0 Å². The van der Waals surface area contributed by atoms with Gasteiger partial charge in [0.15, 0.2) is 0 Å². The van der Waals surface area contributed by atoms with E-state index in [1.165, 1.54) is 54.8 Å². The van der Waals surface area contributed by atoms with Crippen molar-refractivity contribution in [2.75, 3.05) is 6.61 Å². The van der Waals surface area contributed by atoms with E-state index in [2.05, 4.69) is 17.2 Å². The van der Waals surface area contributed by atoms with Crippen LogP contribution in [-0.2, 0) is 11.3 Å². The first-order valence-electron chi connectivity index (χ1n) is 8.16. The minimum atomic E-state index is 0.236. The Balaban J connectivity index is 1.62. The average Bonchev–Trinajstić information content (AvgIpc) is 3.21. The molecule has 112 valence electrons. The Morgan fingerprint density at radius 3 is 2.80 bits per heavy atom. The molecule has 1 heterocycles. The summed E-state index contributed by atoms with van der Waals surface area (Å²) >= 11 is 1.85. The highest BCUT2D eigenvalue weighted by Crippen LogP contribution is 2.38. The Labute approximate surface area is 126 Å². The minimum Gasteiger partial charge on any atom is -0.371 e. The molecule has 2 saturated carbocycles. The fourth-order valence-electron chi connectivity index (χ4n) is 3.09. The van der Waals surface area contributed by atoms with Crippen LogP contribution < -0.4 is 5.32 Å². The van der Waals surface area contributed by atoms with E-state index in [4.69, 9.17) is 4.74 Å². The van der Waals surface area contributed by atoms with Crippen molar-refractivity contribution in [3.8, 4) is 0 Å². The number of hydrogen-bond donors (Lipinski definition) is 1. The van der Waals surface area contributed by atoms with Crippen molar-refractivity contribution in [1.82, 2.24) is 10.3 Å². The summed E-state index contributed by atoms with van der Waals surface area (Å²) in [5, 5.41) is 4.77. The van der Waals surface area contributed by atoms with Gasteiger partial charge < -0.3 is 10.1 Å². The Hall–Kier alpha value is -0.450. The average molecular weight is 294 g/mol. The normalized spacial score (nSPS) is 22.1. The zero-order valence-electron chi connectivity index (χ0n) is 12.4. The lowest BCUT2D eigenvalue weighted by molar-refractivity contribution is 0.00551. The molecule has 2 aliphatic carbocycles. The summed E-state index contributed by atoms with van der Waals surface area (Å²) in [4.78, 5) is 6.02.